The van der Waals surface area contributed by atoms with Crippen molar-refractivity contribution in [2.24, 2.45) is 0 Å². The Morgan fingerprint density at radius 2 is 1.65 bits per heavy atom. The fraction of sp³-hybridized carbons (Fsp3) is 0.250. The van der Waals surface area contributed by atoms with Crippen molar-refractivity contribution in [3.05, 3.63) is 66.6 Å². The van der Waals surface area contributed by atoms with E-state index in [1.807, 2.05) is 20.8 Å². The van der Waals surface area contributed by atoms with Crippen molar-refractivity contribution in [1.29, 1.82) is 0 Å². The molecule has 0 saturated heterocycles. The molecule has 0 saturated carbocycles. The maximum Gasteiger partial charge on any atom is 0.280 e. The zero-order chi connectivity index (χ0) is 28.8. The van der Waals surface area contributed by atoms with Crippen molar-refractivity contribution in [2.75, 3.05) is 18.4 Å². The Morgan fingerprint density at radius 1 is 0.925 bits per heavy atom. The molecule has 0 fully saturated rings. The van der Waals surface area contributed by atoms with Crippen LogP contribution in [0.2, 0.25) is 0 Å². The molecular weight excluding hydrogens is 532 g/mol. The summed E-state index contributed by atoms with van der Waals surface area (Å²) >= 11 is 0. The molecule has 1 N–H and O–H groups in total. The van der Waals surface area contributed by atoms with Crippen LogP contribution in [0.5, 0.6) is 23.1 Å². The molecule has 12 heteroatoms. The van der Waals surface area contributed by atoms with Crippen molar-refractivity contribution >= 4 is 15.8 Å². The van der Waals surface area contributed by atoms with Crippen LogP contribution < -0.4 is 18.9 Å². The molecule has 0 aliphatic carbocycles. The van der Waals surface area contributed by atoms with Crippen LogP contribution in [-0.4, -0.2) is 47.1 Å². The molecule has 1 aromatic carbocycles. The zero-order valence-electron chi connectivity index (χ0n) is 22.7. The quantitative estimate of drug-likeness (QED) is 0.288. The second-order valence-electron chi connectivity index (χ2n) is 9.31. The van der Waals surface area contributed by atoms with E-state index in [4.69, 9.17) is 14.2 Å². The topological polar surface area (TPSA) is 138 Å². The lowest BCUT2D eigenvalue weighted by Crippen LogP contribution is -2.19. The zero-order valence-corrected chi connectivity index (χ0v) is 23.5. The van der Waals surface area contributed by atoms with Gasteiger partial charge in [0.15, 0.2) is 34.8 Å². The van der Waals surface area contributed by atoms with Crippen molar-refractivity contribution in [3.8, 4) is 46.6 Å². The number of aromatic nitrogens is 5. The van der Waals surface area contributed by atoms with E-state index in [1.54, 1.807) is 43.3 Å². The van der Waals surface area contributed by atoms with Gasteiger partial charge in [-0.05, 0) is 48.2 Å². The van der Waals surface area contributed by atoms with Crippen LogP contribution in [0, 0.1) is 11.8 Å². The Labute approximate surface area is 233 Å². The van der Waals surface area contributed by atoms with E-state index in [-0.39, 0.29) is 51.9 Å². The number of pyridine rings is 1. The molecule has 11 nitrogen and oxygen atoms in total. The molecule has 40 heavy (non-hydrogen) atoms. The molecule has 0 spiro atoms. The predicted octanol–water partition coefficient (Wildman–Crippen LogP) is 4.63. The van der Waals surface area contributed by atoms with E-state index in [2.05, 4.69) is 41.5 Å². The Morgan fingerprint density at radius 3 is 2.33 bits per heavy atom. The van der Waals surface area contributed by atoms with Gasteiger partial charge in [-0.15, -0.1) is 5.92 Å². The fourth-order valence-corrected chi connectivity index (χ4v) is 4.37. The molecule has 4 rings (SSSR count). The Bertz CT molecular complexity index is 1660. The summed E-state index contributed by atoms with van der Waals surface area (Å²) in [7, 11) is -2.77. The maximum atomic E-state index is 13.6. The number of para-hydroxylation sites is 2. The number of sulfonamides is 1. The summed E-state index contributed by atoms with van der Waals surface area (Å²) in [4.78, 5) is 21.3. The summed E-state index contributed by atoms with van der Waals surface area (Å²) < 4.78 is 47.1. The van der Waals surface area contributed by atoms with Crippen molar-refractivity contribution in [1.82, 2.24) is 24.9 Å². The van der Waals surface area contributed by atoms with Gasteiger partial charge in [0.25, 0.3) is 15.9 Å². The summed E-state index contributed by atoms with van der Waals surface area (Å²) in [5.74, 6) is 5.93. The lowest BCUT2D eigenvalue weighted by Gasteiger charge is -2.20. The first-order valence-corrected chi connectivity index (χ1v) is 13.6. The number of rotatable bonds is 9. The first-order valence-electron chi connectivity index (χ1n) is 12.1. The number of anilines is 1. The average Bonchev–Trinajstić information content (AvgIpc) is 2.94. The van der Waals surface area contributed by atoms with Crippen LogP contribution in [-0.2, 0) is 15.4 Å². The predicted molar refractivity (Wildman–Crippen MR) is 149 cm³/mol. The van der Waals surface area contributed by atoms with E-state index < -0.39 is 10.0 Å². The standard InChI is InChI=1S/C28H28N6O5S/c1-6-7-17-38-27-23(39-21-12-9-8-11-20(21)37-5)24(32-26(33-27)25-30-14-10-15-31-25)34-40(35,36)22-18-19(13-16-29-22)28(2,3)4/h8-16,18H,17H2,1-5H3,(H,32,33,34). The molecule has 206 valence electrons. The minimum atomic E-state index is -4.25. The van der Waals surface area contributed by atoms with Gasteiger partial charge in [0.05, 0.1) is 7.11 Å². The van der Waals surface area contributed by atoms with Crippen LogP contribution in [0.4, 0.5) is 5.82 Å². The smallest absolute Gasteiger partial charge is 0.280 e. The molecule has 0 bridgehead atoms. The number of methoxy groups -OCH3 is 1. The molecule has 3 heterocycles. The van der Waals surface area contributed by atoms with Gasteiger partial charge in [0.1, 0.15) is 0 Å². The number of benzene rings is 1. The summed E-state index contributed by atoms with van der Waals surface area (Å²) in [5, 5.41) is -0.196. The van der Waals surface area contributed by atoms with E-state index in [0.717, 1.165) is 5.56 Å². The average molecular weight is 561 g/mol. The molecule has 3 aromatic heterocycles. The highest BCUT2D eigenvalue weighted by atomic mass is 32.2. The molecule has 0 radical (unpaired) electrons. The second-order valence-corrected chi connectivity index (χ2v) is 10.9. The van der Waals surface area contributed by atoms with E-state index >= 15 is 0 Å². The number of nitrogens with one attached hydrogen (secondary N) is 1. The lowest BCUT2D eigenvalue weighted by molar-refractivity contribution is 0.324. The largest absolute Gasteiger partial charge is 0.493 e. The van der Waals surface area contributed by atoms with E-state index in [1.165, 1.54) is 31.8 Å². The minimum absolute atomic E-state index is 0.00142. The molecule has 0 aliphatic heterocycles. The fourth-order valence-electron chi connectivity index (χ4n) is 3.40. The maximum absolute atomic E-state index is 13.6. The third kappa shape index (κ3) is 6.62. The Balaban J connectivity index is 1.90. The van der Waals surface area contributed by atoms with Crippen molar-refractivity contribution in [3.63, 3.8) is 0 Å². The summed E-state index contributed by atoms with van der Waals surface area (Å²) in [6.07, 6.45) is 4.47. The number of hydrogen-bond donors (Lipinski definition) is 1. The van der Waals surface area contributed by atoms with Gasteiger partial charge in [-0.2, -0.15) is 13.4 Å². The van der Waals surface area contributed by atoms with Gasteiger partial charge in [0.2, 0.25) is 11.6 Å². The highest BCUT2D eigenvalue weighted by Crippen LogP contribution is 2.41. The van der Waals surface area contributed by atoms with Gasteiger partial charge in [-0.25, -0.2) is 19.9 Å². The highest BCUT2D eigenvalue weighted by molar-refractivity contribution is 7.92. The minimum Gasteiger partial charge on any atom is -0.493 e. The second kappa shape index (κ2) is 12.0. The molecular formula is C28H28N6O5S. The normalized spacial score (nSPS) is 11.2. The van der Waals surface area contributed by atoms with Crippen LogP contribution >= 0.6 is 0 Å². The number of nitrogens with zero attached hydrogens (tertiary/aromatic N) is 5. The van der Waals surface area contributed by atoms with E-state index in [0.29, 0.717) is 5.75 Å². The number of ether oxygens (including phenoxy) is 3. The molecule has 0 aliphatic rings. The molecule has 0 atom stereocenters. The van der Waals surface area contributed by atoms with Gasteiger partial charge in [-0.1, -0.05) is 38.8 Å². The Hall–Kier alpha value is -4.76. The monoisotopic (exact) mass is 560 g/mol. The number of hydrogen-bond acceptors (Lipinski definition) is 10. The first-order chi connectivity index (χ1) is 19.1. The summed E-state index contributed by atoms with van der Waals surface area (Å²) in [5.41, 5.74) is 0.482. The summed E-state index contributed by atoms with van der Waals surface area (Å²) in [6, 6.07) is 11.8. The van der Waals surface area contributed by atoms with Gasteiger partial charge >= 0.3 is 0 Å². The lowest BCUT2D eigenvalue weighted by atomic mass is 9.88. The Kier molecular flexibility index (Phi) is 8.45. The van der Waals surface area contributed by atoms with Crippen LogP contribution in [0.15, 0.2) is 66.1 Å². The van der Waals surface area contributed by atoms with Crippen LogP contribution in [0.25, 0.3) is 11.6 Å². The van der Waals surface area contributed by atoms with Crippen molar-refractivity contribution < 1.29 is 22.6 Å². The highest BCUT2D eigenvalue weighted by Gasteiger charge is 2.27. The van der Waals surface area contributed by atoms with Crippen molar-refractivity contribution in [2.45, 2.75) is 38.1 Å². The SMILES string of the molecule is CC#CCOc1nc(-c2ncccn2)nc(NS(=O)(=O)c2cc(C(C)(C)C)ccn2)c1Oc1ccccc1OC. The molecule has 0 unspecified atom stereocenters. The molecule has 4 aromatic rings. The van der Waals surface area contributed by atoms with Gasteiger partial charge < -0.3 is 14.2 Å². The van der Waals surface area contributed by atoms with Gasteiger partial charge in [0, 0.05) is 18.6 Å². The van der Waals surface area contributed by atoms with Crippen LogP contribution in [0.3, 0.4) is 0 Å². The molecule has 0 amide bonds. The van der Waals surface area contributed by atoms with Crippen LogP contribution in [0.1, 0.15) is 33.3 Å². The summed E-state index contributed by atoms with van der Waals surface area (Å²) in [6.45, 7) is 7.55. The van der Waals surface area contributed by atoms with Gasteiger partial charge in [-0.3, -0.25) is 4.72 Å². The first kappa shape index (κ1) is 28.3. The third-order valence-corrected chi connectivity index (χ3v) is 6.68. The van der Waals surface area contributed by atoms with E-state index in [9.17, 15) is 8.42 Å². The third-order valence-electron chi connectivity index (χ3n) is 5.45.